The highest BCUT2D eigenvalue weighted by Gasteiger charge is 2.39. The van der Waals surface area contributed by atoms with E-state index in [1.54, 1.807) is 4.90 Å². The summed E-state index contributed by atoms with van der Waals surface area (Å²) in [4.78, 5) is 15.6. The molecule has 2 rings (SSSR count). The average Bonchev–Trinajstić information content (AvgIpc) is 2.62. The molecule has 0 atom stereocenters. The molecule has 1 amide bonds. The third-order valence-corrected chi connectivity index (χ3v) is 4.45. The molecule has 0 aromatic rings. The molecule has 1 aliphatic carbocycles. The third kappa shape index (κ3) is 4.57. The molecule has 2 N–H and O–H groups in total. The summed E-state index contributed by atoms with van der Waals surface area (Å²) in [5.41, 5.74) is 5.44. The number of carbonyl (C=O) groups is 1. The van der Waals surface area contributed by atoms with Crippen LogP contribution in [0.4, 0.5) is 13.2 Å². The van der Waals surface area contributed by atoms with E-state index >= 15 is 0 Å². The van der Waals surface area contributed by atoms with E-state index in [-0.39, 0.29) is 12.5 Å². The Balaban J connectivity index is 1.91. The lowest BCUT2D eigenvalue weighted by molar-refractivity contribution is -0.145. The van der Waals surface area contributed by atoms with E-state index in [1.165, 1.54) is 4.90 Å². The average molecular weight is 307 g/mol. The fraction of sp³-hybridized carbons (Fsp3) is 0.929. The van der Waals surface area contributed by atoms with Crippen molar-refractivity contribution < 1.29 is 18.0 Å². The van der Waals surface area contributed by atoms with Crippen molar-refractivity contribution in [2.75, 3.05) is 32.7 Å². The van der Waals surface area contributed by atoms with Crippen molar-refractivity contribution in [2.45, 2.75) is 50.2 Å². The zero-order chi connectivity index (χ0) is 15.5. The van der Waals surface area contributed by atoms with Crippen LogP contribution in [0.15, 0.2) is 0 Å². The summed E-state index contributed by atoms with van der Waals surface area (Å²) in [6.07, 6.45) is 0.775. The van der Waals surface area contributed by atoms with Gasteiger partial charge in [0.15, 0.2) is 0 Å². The molecular weight excluding hydrogens is 283 g/mol. The minimum atomic E-state index is -4.18. The Kier molecular flexibility index (Phi) is 5.14. The summed E-state index contributed by atoms with van der Waals surface area (Å²) >= 11 is 0. The number of nitrogens with two attached hydrogens (primary N) is 1. The zero-order valence-corrected chi connectivity index (χ0v) is 12.3. The molecule has 0 radical (unpaired) electrons. The molecule has 2 fully saturated rings. The lowest BCUT2D eigenvalue weighted by Crippen LogP contribution is -2.56. The van der Waals surface area contributed by atoms with Crippen LogP contribution >= 0.6 is 0 Å². The van der Waals surface area contributed by atoms with Crippen LogP contribution in [0.5, 0.6) is 0 Å². The molecule has 122 valence electrons. The number of alkyl halides is 3. The number of nitrogens with zero attached hydrogens (tertiary/aromatic N) is 2. The maximum atomic E-state index is 12.6. The first-order valence-corrected chi connectivity index (χ1v) is 7.68. The van der Waals surface area contributed by atoms with Crippen LogP contribution in [0.3, 0.4) is 0 Å². The van der Waals surface area contributed by atoms with Gasteiger partial charge in [0.05, 0.1) is 12.1 Å². The lowest BCUT2D eigenvalue weighted by Gasteiger charge is -2.36. The maximum absolute atomic E-state index is 12.6. The van der Waals surface area contributed by atoms with Gasteiger partial charge in [-0.1, -0.05) is 19.3 Å². The van der Waals surface area contributed by atoms with E-state index in [0.29, 0.717) is 38.9 Å². The monoisotopic (exact) mass is 307 g/mol. The number of halogens is 3. The van der Waals surface area contributed by atoms with Gasteiger partial charge in [-0.05, 0) is 19.3 Å². The molecule has 21 heavy (non-hydrogen) atoms. The SMILES string of the molecule is NC1(C(=O)N2CCCN(CC(F)(F)F)CC2)CCCCC1. The van der Waals surface area contributed by atoms with E-state index in [0.717, 1.165) is 19.3 Å². The number of amides is 1. The van der Waals surface area contributed by atoms with Gasteiger partial charge >= 0.3 is 6.18 Å². The van der Waals surface area contributed by atoms with Crippen LogP contribution in [0.25, 0.3) is 0 Å². The van der Waals surface area contributed by atoms with Gasteiger partial charge in [0.25, 0.3) is 0 Å². The Morgan fingerprint density at radius 3 is 2.29 bits per heavy atom. The molecule has 0 aromatic heterocycles. The molecule has 0 bridgehead atoms. The zero-order valence-electron chi connectivity index (χ0n) is 12.3. The Labute approximate surface area is 123 Å². The smallest absolute Gasteiger partial charge is 0.340 e. The molecule has 1 heterocycles. The molecule has 0 unspecified atom stereocenters. The molecule has 4 nitrogen and oxygen atoms in total. The van der Waals surface area contributed by atoms with Gasteiger partial charge in [0, 0.05) is 26.2 Å². The summed E-state index contributed by atoms with van der Waals surface area (Å²) < 4.78 is 37.3. The molecule has 2 aliphatic rings. The second-order valence-corrected chi connectivity index (χ2v) is 6.25. The van der Waals surface area contributed by atoms with Crippen LogP contribution < -0.4 is 5.73 Å². The number of carbonyl (C=O) groups excluding carboxylic acids is 1. The van der Waals surface area contributed by atoms with Crippen LogP contribution in [0.1, 0.15) is 38.5 Å². The van der Waals surface area contributed by atoms with Gasteiger partial charge in [-0.15, -0.1) is 0 Å². The van der Waals surface area contributed by atoms with Crippen LogP contribution in [0.2, 0.25) is 0 Å². The van der Waals surface area contributed by atoms with Gasteiger partial charge in [-0.25, -0.2) is 0 Å². The lowest BCUT2D eigenvalue weighted by atomic mass is 9.81. The van der Waals surface area contributed by atoms with Gasteiger partial charge in [0.2, 0.25) is 5.91 Å². The van der Waals surface area contributed by atoms with Gasteiger partial charge in [0.1, 0.15) is 0 Å². The van der Waals surface area contributed by atoms with Gasteiger partial charge < -0.3 is 10.6 Å². The predicted octanol–water partition coefficient (Wildman–Crippen LogP) is 1.74. The first-order chi connectivity index (χ1) is 9.80. The molecule has 1 saturated heterocycles. The van der Waals surface area contributed by atoms with E-state index in [9.17, 15) is 18.0 Å². The van der Waals surface area contributed by atoms with E-state index < -0.39 is 18.3 Å². The molecule has 7 heteroatoms. The third-order valence-electron chi connectivity index (χ3n) is 4.45. The molecular formula is C14H24F3N3O. The van der Waals surface area contributed by atoms with Gasteiger partial charge in [-0.3, -0.25) is 9.69 Å². The summed E-state index contributed by atoms with van der Waals surface area (Å²) in [5, 5.41) is 0. The highest BCUT2D eigenvalue weighted by molar-refractivity contribution is 5.86. The van der Waals surface area contributed by atoms with Crippen molar-refractivity contribution in [2.24, 2.45) is 5.73 Å². The fourth-order valence-corrected chi connectivity index (χ4v) is 3.30. The fourth-order valence-electron chi connectivity index (χ4n) is 3.30. The second-order valence-electron chi connectivity index (χ2n) is 6.25. The largest absolute Gasteiger partial charge is 0.401 e. The van der Waals surface area contributed by atoms with Crippen LogP contribution in [-0.2, 0) is 4.79 Å². The molecule has 0 aromatic carbocycles. The molecule has 1 aliphatic heterocycles. The van der Waals surface area contributed by atoms with Crippen LogP contribution in [0, 0.1) is 0 Å². The van der Waals surface area contributed by atoms with Crippen molar-refractivity contribution in [3.05, 3.63) is 0 Å². The Morgan fingerprint density at radius 1 is 1.00 bits per heavy atom. The Morgan fingerprint density at radius 2 is 1.67 bits per heavy atom. The minimum absolute atomic E-state index is 0.0731. The van der Waals surface area contributed by atoms with E-state index in [4.69, 9.17) is 5.73 Å². The second kappa shape index (κ2) is 6.52. The van der Waals surface area contributed by atoms with E-state index in [1.807, 2.05) is 0 Å². The van der Waals surface area contributed by atoms with Gasteiger partial charge in [-0.2, -0.15) is 13.2 Å². The van der Waals surface area contributed by atoms with E-state index in [2.05, 4.69) is 0 Å². The number of hydrogen-bond acceptors (Lipinski definition) is 3. The minimum Gasteiger partial charge on any atom is -0.340 e. The highest BCUT2D eigenvalue weighted by Crippen LogP contribution is 2.28. The Hall–Kier alpha value is -0.820. The van der Waals surface area contributed by atoms with Crippen molar-refractivity contribution in [1.29, 1.82) is 0 Å². The molecule has 1 saturated carbocycles. The predicted molar refractivity (Wildman–Crippen MR) is 73.7 cm³/mol. The van der Waals surface area contributed by atoms with Crippen molar-refractivity contribution in [3.63, 3.8) is 0 Å². The maximum Gasteiger partial charge on any atom is 0.401 e. The topological polar surface area (TPSA) is 49.6 Å². The highest BCUT2D eigenvalue weighted by atomic mass is 19.4. The number of hydrogen-bond donors (Lipinski definition) is 1. The molecule has 0 spiro atoms. The van der Waals surface area contributed by atoms with Crippen molar-refractivity contribution >= 4 is 5.91 Å². The standard InChI is InChI=1S/C14H24F3N3O/c15-14(16,17)11-19-7-4-8-20(10-9-19)12(21)13(18)5-2-1-3-6-13/h1-11,18H2. The first-order valence-electron chi connectivity index (χ1n) is 7.68. The quantitative estimate of drug-likeness (QED) is 0.845. The summed E-state index contributed by atoms with van der Waals surface area (Å²) in [5.74, 6) is -0.0731. The first kappa shape index (κ1) is 16.5. The summed E-state index contributed by atoms with van der Waals surface area (Å²) in [6.45, 7) is 0.588. The Bertz CT molecular complexity index is 367. The number of rotatable bonds is 2. The van der Waals surface area contributed by atoms with Crippen LogP contribution in [-0.4, -0.2) is 60.1 Å². The summed E-state index contributed by atoms with van der Waals surface area (Å²) in [7, 11) is 0. The normalized spacial score (nSPS) is 24.7. The van der Waals surface area contributed by atoms with Crippen molar-refractivity contribution in [1.82, 2.24) is 9.80 Å². The summed E-state index contributed by atoms with van der Waals surface area (Å²) in [6, 6.07) is 0. The van der Waals surface area contributed by atoms with Crippen molar-refractivity contribution in [3.8, 4) is 0 Å².